The number of hydrogen-bond donors (Lipinski definition) is 1. The fraction of sp³-hybridized carbons (Fsp3) is 0.259. The number of nitrogens with one attached hydrogen (secondary N) is 1. The average molecular weight is 597 g/mol. The third kappa shape index (κ3) is 7.41. The highest BCUT2D eigenvalue weighted by Gasteiger charge is 2.32. The second kappa shape index (κ2) is 12.8. The van der Waals surface area contributed by atoms with Crippen LogP contribution in [-0.2, 0) is 26.2 Å². The number of amides is 2. The van der Waals surface area contributed by atoms with Crippen LogP contribution in [-0.4, -0.2) is 43.8 Å². The summed E-state index contributed by atoms with van der Waals surface area (Å²) in [5.74, 6) is -0.968. The van der Waals surface area contributed by atoms with Crippen LogP contribution in [0.1, 0.15) is 26.3 Å². The lowest BCUT2D eigenvalue weighted by molar-refractivity contribution is -0.139. The van der Waals surface area contributed by atoms with Crippen LogP contribution in [0, 0.1) is 0 Å². The normalized spacial score (nSPS) is 12.2. The number of anilines is 1. The third-order valence-electron chi connectivity index (χ3n) is 5.64. The number of halogens is 3. The van der Waals surface area contributed by atoms with Crippen molar-refractivity contribution in [1.29, 1.82) is 0 Å². The lowest BCUT2D eigenvalue weighted by Crippen LogP contribution is -2.52. The Morgan fingerprint density at radius 3 is 2.16 bits per heavy atom. The molecule has 0 heterocycles. The first-order valence-corrected chi connectivity index (χ1v) is 14.3. The summed E-state index contributed by atoms with van der Waals surface area (Å²) in [6.07, 6.45) is 0. The molecule has 1 unspecified atom stereocenters. The topological polar surface area (TPSA) is 86.8 Å². The quantitative estimate of drug-likeness (QED) is 0.321. The number of sulfonamides is 1. The number of rotatable bonds is 10. The Bertz CT molecular complexity index is 1400. The first kappa shape index (κ1) is 29.8. The molecular weight excluding hydrogens is 569 g/mol. The van der Waals surface area contributed by atoms with Crippen LogP contribution in [0.4, 0.5) is 5.69 Å². The molecule has 0 spiro atoms. The molecule has 0 aromatic heterocycles. The molecule has 0 fully saturated rings. The van der Waals surface area contributed by atoms with E-state index in [9.17, 15) is 18.0 Å². The van der Waals surface area contributed by atoms with Crippen molar-refractivity contribution in [3.63, 3.8) is 0 Å². The van der Waals surface area contributed by atoms with Crippen LogP contribution in [0.3, 0.4) is 0 Å². The summed E-state index contributed by atoms with van der Waals surface area (Å²) < 4.78 is 28.4. The summed E-state index contributed by atoms with van der Waals surface area (Å²) in [5, 5.41) is 3.64. The molecular formula is C27H28Cl3N3O4S. The first-order valence-electron chi connectivity index (χ1n) is 11.8. The van der Waals surface area contributed by atoms with Crippen molar-refractivity contribution in [3.8, 4) is 0 Å². The van der Waals surface area contributed by atoms with E-state index >= 15 is 0 Å². The van der Waals surface area contributed by atoms with Crippen LogP contribution in [0.15, 0.2) is 77.7 Å². The largest absolute Gasteiger partial charge is 0.352 e. The van der Waals surface area contributed by atoms with E-state index in [4.69, 9.17) is 34.8 Å². The predicted octanol–water partition coefficient (Wildman–Crippen LogP) is 5.78. The smallest absolute Gasteiger partial charge is 0.264 e. The van der Waals surface area contributed by atoms with Gasteiger partial charge in [0.15, 0.2) is 0 Å². The van der Waals surface area contributed by atoms with Crippen molar-refractivity contribution in [1.82, 2.24) is 10.2 Å². The predicted molar refractivity (Wildman–Crippen MR) is 152 cm³/mol. The lowest BCUT2D eigenvalue weighted by atomic mass is 10.1. The van der Waals surface area contributed by atoms with Crippen molar-refractivity contribution in [2.24, 2.45) is 0 Å². The van der Waals surface area contributed by atoms with Gasteiger partial charge in [0.1, 0.15) is 12.6 Å². The minimum absolute atomic E-state index is 0.00846. The average Bonchev–Trinajstić information content (AvgIpc) is 2.87. The zero-order chi connectivity index (χ0) is 28.0. The van der Waals surface area contributed by atoms with E-state index in [0.717, 1.165) is 4.31 Å². The van der Waals surface area contributed by atoms with E-state index in [1.54, 1.807) is 49.4 Å². The molecule has 3 rings (SSSR count). The summed E-state index contributed by atoms with van der Waals surface area (Å²) in [4.78, 5) is 28.1. The van der Waals surface area contributed by atoms with Crippen LogP contribution in [0.5, 0.6) is 0 Å². The molecule has 0 aliphatic rings. The zero-order valence-electron chi connectivity index (χ0n) is 21.1. The molecule has 7 nitrogen and oxygen atoms in total. The molecule has 1 atom stereocenters. The van der Waals surface area contributed by atoms with Gasteiger partial charge in [0.2, 0.25) is 11.8 Å². The van der Waals surface area contributed by atoms with Crippen molar-refractivity contribution in [3.05, 3.63) is 93.4 Å². The van der Waals surface area contributed by atoms with Gasteiger partial charge in [-0.1, -0.05) is 65.1 Å². The van der Waals surface area contributed by atoms with E-state index in [1.165, 1.54) is 35.2 Å². The Morgan fingerprint density at radius 2 is 1.55 bits per heavy atom. The highest BCUT2D eigenvalue weighted by Crippen LogP contribution is 2.31. The maximum Gasteiger partial charge on any atom is 0.264 e. The fourth-order valence-corrected chi connectivity index (χ4v) is 5.64. The van der Waals surface area contributed by atoms with E-state index in [-0.39, 0.29) is 39.1 Å². The van der Waals surface area contributed by atoms with Gasteiger partial charge in [-0.05, 0) is 68.8 Å². The second-order valence-corrected chi connectivity index (χ2v) is 12.0. The molecule has 3 aromatic rings. The summed E-state index contributed by atoms with van der Waals surface area (Å²) in [5.41, 5.74) is 0.834. The molecule has 11 heteroatoms. The summed E-state index contributed by atoms with van der Waals surface area (Å²) in [7, 11) is -4.19. The minimum atomic E-state index is -4.19. The van der Waals surface area contributed by atoms with Crippen molar-refractivity contribution in [2.45, 2.75) is 44.3 Å². The van der Waals surface area contributed by atoms with Gasteiger partial charge in [0.05, 0.1) is 20.6 Å². The standard InChI is InChI=1S/C27H28Cl3N3O4S/c1-18(2)31-27(35)19(3)32(16-20-8-7-9-21(28)14-20)26(34)17-33(22-12-13-24(29)25(30)15-22)38(36,37)23-10-5-4-6-11-23/h4-15,18-19H,16-17H2,1-3H3,(H,31,35). The van der Waals surface area contributed by atoms with Crippen LogP contribution in [0.25, 0.3) is 0 Å². The lowest BCUT2D eigenvalue weighted by Gasteiger charge is -2.32. The van der Waals surface area contributed by atoms with Gasteiger partial charge in [-0.3, -0.25) is 13.9 Å². The van der Waals surface area contributed by atoms with Crippen molar-refractivity contribution >= 4 is 62.3 Å². The molecule has 3 aromatic carbocycles. The molecule has 202 valence electrons. The van der Waals surface area contributed by atoms with E-state index in [2.05, 4.69) is 5.32 Å². The van der Waals surface area contributed by atoms with Gasteiger partial charge in [-0.2, -0.15) is 0 Å². The van der Waals surface area contributed by atoms with Gasteiger partial charge in [-0.25, -0.2) is 8.42 Å². The van der Waals surface area contributed by atoms with Gasteiger partial charge in [0, 0.05) is 17.6 Å². The monoisotopic (exact) mass is 595 g/mol. The number of carbonyl (C=O) groups excluding carboxylic acids is 2. The van der Waals surface area contributed by atoms with Crippen molar-refractivity contribution < 1.29 is 18.0 Å². The molecule has 0 radical (unpaired) electrons. The molecule has 1 N–H and O–H groups in total. The second-order valence-electron chi connectivity index (χ2n) is 8.91. The Hall–Kier alpha value is -2.78. The number of nitrogens with zero attached hydrogens (tertiary/aromatic N) is 2. The number of benzene rings is 3. The van der Waals surface area contributed by atoms with E-state index in [0.29, 0.717) is 10.6 Å². The summed E-state index contributed by atoms with van der Waals surface area (Å²) >= 11 is 18.4. The summed E-state index contributed by atoms with van der Waals surface area (Å²) in [6, 6.07) is 17.9. The molecule has 0 aliphatic heterocycles. The Labute approximate surface area is 238 Å². The molecule has 2 amide bonds. The third-order valence-corrected chi connectivity index (χ3v) is 8.40. The SMILES string of the molecule is CC(C)NC(=O)C(C)N(Cc1cccc(Cl)c1)C(=O)CN(c1ccc(Cl)c(Cl)c1)S(=O)(=O)c1ccccc1. The van der Waals surface area contributed by atoms with Crippen LogP contribution >= 0.6 is 34.8 Å². The van der Waals surface area contributed by atoms with Gasteiger partial charge in [0.25, 0.3) is 10.0 Å². The van der Waals surface area contributed by atoms with E-state index < -0.39 is 28.5 Å². The highest BCUT2D eigenvalue weighted by molar-refractivity contribution is 7.92. The number of carbonyl (C=O) groups is 2. The first-order chi connectivity index (χ1) is 17.9. The molecule has 0 saturated heterocycles. The Kier molecular flexibility index (Phi) is 10.1. The van der Waals surface area contributed by atoms with Crippen LogP contribution in [0.2, 0.25) is 15.1 Å². The maximum absolute atomic E-state index is 13.8. The Balaban J connectivity index is 2.05. The van der Waals surface area contributed by atoms with Gasteiger partial charge >= 0.3 is 0 Å². The molecule has 38 heavy (non-hydrogen) atoms. The minimum Gasteiger partial charge on any atom is -0.352 e. The van der Waals surface area contributed by atoms with Gasteiger partial charge in [-0.15, -0.1) is 0 Å². The maximum atomic E-state index is 13.8. The fourth-order valence-electron chi connectivity index (χ4n) is 3.71. The molecule has 0 bridgehead atoms. The Morgan fingerprint density at radius 1 is 0.868 bits per heavy atom. The van der Waals surface area contributed by atoms with Gasteiger partial charge < -0.3 is 10.2 Å². The van der Waals surface area contributed by atoms with Crippen LogP contribution < -0.4 is 9.62 Å². The molecule has 0 saturated carbocycles. The summed E-state index contributed by atoms with van der Waals surface area (Å²) in [6.45, 7) is 4.66. The highest BCUT2D eigenvalue weighted by atomic mass is 35.5. The van der Waals surface area contributed by atoms with Crippen molar-refractivity contribution in [2.75, 3.05) is 10.8 Å². The zero-order valence-corrected chi connectivity index (χ0v) is 24.2. The molecule has 0 aliphatic carbocycles. The van der Waals surface area contributed by atoms with E-state index in [1.807, 2.05) is 13.8 Å². The number of hydrogen-bond acceptors (Lipinski definition) is 4.